The molecule has 1 saturated heterocycles. The largest absolute Gasteiger partial charge is 0.351 e. The molecule has 4 nitrogen and oxygen atoms in total. The van der Waals surface area contributed by atoms with E-state index in [-0.39, 0.29) is 11.9 Å². The number of carbonyl (C=O) groups excluding carboxylic acids is 1. The molecule has 2 aromatic rings. The van der Waals surface area contributed by atoms with Crippen LogP contribution in [0.4, 0.5) is 0 Å². The molecule has 5 heteroatoms. The minimum atomic E-state index is -0.0747. The van der Waals surface area contributed by atoms with Crippen molar-refractivity contribution in [3.8, 4) is 0 Å². The summed E-state index contributed by atoms with van der Waals surface area (Å²) in [6, 6.07) is 12.5. The highest BCUT2D eigenvalue weighted by Gasteiger charge is 2.25. The highest BCUT2D eigenvalue weighted by molar-refractivity contribution is 7.09. The minimum absolute atomic E-state index is 0.0747. The number of nitrogens with zero attached hydrogens (tertiary/aromatic N) is 2. The van der Waals surface area contributed by atoms with Gasteiger partial charge in [0, 0.05) is 44.1 Å². The van der Waals surface area contributed by atoms with Crippen LogP contribution >= 0.6 is 11.3 Å². The van der Waals surface area contributed by atoms with Crippen LogP contribution in [0.15, 0.2) is 41.8 Å². The monoisotopic (exact) mass is 357 g/mol. The van der Waals surface area contributed by atoms with Crippen LogP contribution in [0, 0.1) is 6.92 Å². The van der Waals surface area contributed by atoms with Crippen molar-refractivity contribution in [3.05, 3.63) is 57.8 Å². The van der Waals surface area contributed by atoms with Gasteiger partial charge in [-0.25, -0.2) is 0 Å². The average Bonchev–Trinajstić information content (AvgIpc) is 3.14. The molecule has 0 aliphatic carbocycles. The Labute approximate surface area is 154 Å². The van der Waals surface area contributed by atoms with Gasteiger partial charge in [0.25, 0.3) is 0 Å². The van der Waals surface area contributed by atoms with Crippen molar-refractivity contribution in [2.24, 2.45) is 0 Å². The van der Waals surface area contributed by atoms with E-state index in [2.05, 4.69) is 63.8 Å². The Hall–Kier alpha value is -1.69. The molecule has 1 aromatic carbocycles. The summed E-state index contributed by atoms with van der Waals surface area (Å²) in [7, 11) is 0. The van der Waals surface area contributed by atoms with E-state index >= 15 is 0 Å². The molecule has 0 bridgehead atoms. The van der Waals surface area contributed by atoms with Crippen LogP contribution in [0.2, 0.25) is 0 Å². The second kappa shape index (κ2) is 8.61. The Balaban J connectivity index is 1.42. The fourth-order valence-electron chi connectivity index (χ4n) is 3.14. The fourth-order valence-corrected chi connectivity index (χ4v) is 3.89. The summed E-state index contributed by atoms with van der Waals surface area (Å²) >= 11 is 1.81. The van der Waals surface area contributed by atoms with Gasteiger partial charge in [-0.15, -0.1) is 11.3 Å². The van der Waals surface area contributed by atoms with Crippen LogP contribution in [0.1, 0.15) is 22.9 Å². The third-order valence-corrected chi connectivity index (χ3v) is 5.74. The molecule has 3 rings (SSSR count). The zero-order valence-electron chi connectivity index (χ0n) is 15.1. The molecule has 1 fully saturated rings. The maximum Gasteiger partial charge on any atom is 0.237 e. The lowest BCUT2D eigenvalue weighted by molar-refractivity contribution is -0.126. The zero-order valence-corrected chi connectivity index (χ0v) is 15.9. The van der Waals surface area contributed by atoms with E-state index in [9.17, 15) is 4.79 Å². The third-order valence-electron chi connectivity index (χ3n) is 4.88. The smallest absolute Gasteiger partial charge is 0.237 e. The number of aryl methyl sites for hydroxylation is 1. The number of thiophene rings is 1. The number of piperazine rings is 1. The lowest BCUT2D eigenvalue weighted by Gasteiger charge is -2.37. The van der Waals surface area contributed by atoms with E-state index in [4.69, 9.17) is 0 Å². The number of hydrogen-bond donors (Lipinski definition) is 1. The van der Waals surface area contributed by atoms with Crippen molar-refractivity contribution >= 4 is 17.2 Å². The van der Waals surface area contributed by atoms with Gasteiger partial charge >= 0.3 is 0 Å². The van der Waals surface area contributed by atoms with E-state index in [0.29, 0.717) is 6.54 Å². The Bertz CT molecular complexity index is 661. The minimum Gasteiger partial charge on any atom is -0.351 e. The molecular formula is C20H27N3OS. The highest BCUT2D eigenvalue weighted by atomic mass is 32.1. The number of nitrogens with one attached hydrogen (secondary N) is 1. The number of hydrogen-bond acceptors (Lipinski definition) is 4. The molecule has 0 saturated carbocycles. The van der Waals surface area contributed by atoms with Crippen molar-refractivity contribution in [2.45, 2.75) is 33.0 Å². The molecule has 134 valence electrons. The Morgan fingerprint density at radius 1 is 1.16 bits per heavy atom. The second-order valence-corrected chi connectivity index (χ2v) is 7.80. The normalized spacial score (nSPS) is 17.4. The highest BCUT2D eigenvalue weighted by Crippen LogP contribution is 2.14. The molecule has 1 atom stereocenters. The summed E-state index contributed by atoms with van der Waals surface area (Å²) in [5, 5.41) is 5.20. The van der Waals surface area contributed by atoms with Gasteiger partial charge in [-0.05, 0) is 30.9 Å². The van der Waals surface area contributed by atoms with Crippen LogP contribution in [0.25, 0.3) is 0 Å². The molecule has 1 unspecified atom stereocenters. The van der Waals surface area contributed by atoms with Gasteiger partial charge in [0.15, 0.2) is 0 Å². The number of carbonyl (C=O) groups is 1. The van der Waals surface area contributed by atoms with E-state index < -0.39 is 0 Å². The van der Waals surface area contributed by atoms with Crippen LogP contribution in [0.3, 0.4) is 0 Å². The molecule has 1 aliphatic rings. The Morgan fingerprint density at radius 3 is 2.52 bits per heavy atom. The molecule has 2 heterocycles. The summed E-state index contributed by atoms with van der Waals surface area (Å²) in [5.41, 5.74) is 2.38. The SMILES string of the molecule is Cc1ccc(CNC(=O)C(C)N2CCN(Cc3cccs3)CC2)cc1. The summed E-state index contributed by atoms with van der Waals surface area (Å²) in [6.45, 7) is 9.65. The van der Waals surface area contributed by atoms with Gasteiger partial charge < -0.3 is 5.32 Å². The van der Waals surface area contributed by atoms with Crippen molar-refractivity contribution in [1.29, 1.82) is 0 Å². The maximum absolute atomic E-state index is 12.5. The predicted octanol–water partition coefficient (Wildman–Crippen LogP) is 2.88. The summed E-state index contributed by atoms with van der Waals surface area (Å²) in [6.07, 6.45) is 0. The lowest BCUT2D eigenvalue weighted by Crippen LogP contribution is -2.53. The van der Waals surface area contributed by atoms with Crippen LogP contribution in [-0.2, 0) is 17.9 Å². The lowest BCUT2D eigenvalue weighted by atomic mass is 10.1. The molecule has 0 spiro atoms. The van der Waals surface area contributed by atoms with E-state index in [1.807, 2.05) is 18.3 Å². The van der Waals surface area contributed by atoms with Gasteiger partial charge in [0.2, 0.25) is 5.91 Å². The number of benzene rings is 1. The second-order valence-electron chi connectivity index (χ2n) is 6.77. The summed E-state index contributed by atoms with van der Waals surface area (Å²) in [4.78, 5) is 18.6. The van der Waals surface area contributed by atoms with Crippen molar-refractivity contribution < 1.29 is 4.79 Å². The van der Waals surface area contributed by atoms with Gasteiger partial charge in [-0.3, -0.25) is 14.6 Å². The molecule has 25 heavy (non-hydrogen) atoms. The number of amides is 1. The van der Waals surface area contributed by atoms with Gasteiger partial charge in [-0.2, -0.15) is 0 Å². The van der Waals surface area contributed by atoms with Crippen molar-refractivity contribution in [3.63, 3.8) is 0 Å². The van der Waals surface area contributed by atoms with Gasteiger partial charge in [0.05, 0.1) is 6.04 Å². The first-order valence-corrected chi connectivity index (χ1v) is 9.82. The van der Waals surface area contributed by atoms with Crippen LogP contribution < -0.4 is 5.32 Å². The summed E-state index contributed by atoms with van der Waals surface area (Å²) < 4.78 is 0. The quantitative estimate of drug-likeness (QED) is 0.863. The molecule has 1 aromatic heterocycles. The first-order chi connectivity index (χ1) is 12.1. The van der Waals surface area contributed by atoms with Crippen LogP contribution in [0.5, 0.6) is 0 Å². The standard InChI is InChI=1S/C20H27N3OS/c1-16-5-7-18(8-6-16)14-21-20(24)17(2)23-11-9-22(10-12-23)15-19-4-3-13-25-19/h3-8,13,17H,9-12,14-15H2,1-2H3,(H,21,24). The Morgan fingerprint density at radius 2 is 1.88 bits per heavy atom. The number of rotatable bonds is 6. The molecular weight excluding hydrogens is 330 g/mol. The van der Waals surface area contributed by atoms with Crippen LogP contribution in [-0.4, -0.2) is 47.9 Å². The molecule has 1 amide bonds. The van der Waals surface area contributed by atoms with Crippen molar-refractivity contribution in [1.82, 2.24) is 15.1 Å². The fraction of sp³-hybridized carbons (Fsp3) is 0.450. The maximum atomic E-state index is 12.5. The molecule has 1 aliphatic heterocycles. The van der Waals surface area contributed by atoms with E-state index in [1.165, 1.54) is 10.4 Å². The average molecular weight is 358 g/mol. The van der Waals surface area contributed by atoms with E-state index in [0.717, 1.165) is 38.3 Å². The van der Waals surface area contributed by atoms with Gasteiger partial charge in [0.1, 0.15) is 0 Å². The van der Waals surface area contributed by atoms with E-state index in [1.54, 1.807) is 0 Å². The summed E-state index contributed by atoms with van der Waals surface area (Å²) in [5.74, 6) is 0.118. The molecule has 1 N–H and O–H groups in total. The molecule has 0 radical (unpaired) electrons. The Kier molecular flexibility index (Phi) is 6.24. The van der Waals surface area contributed by atoms with Crippen molar-refractivity contribution in [2.75, 3.05) is 26.2 Å². The predicted molar refractivity (Wildman–Crippen MR) is 104 cm³/mol. The first kappa shape index (κ1) is 18.1. The zero-order chi connectivity index (χ0) is 17.6. The van der Waals surface area contributed by atoms with Gasteiger partial charge in [-0.1, -0.05) is 35.9 Å². The third kappa shape index (κ3) is 5.14. The topological polar surface area (TPSA) is 35.6 Å². The first-order valence-electron chi connectivity index (χ1n) is 8.94.